The summed E-state index contributed by atoms with van der Waals surface area (Å²) in [5.74, 6) is -0.0469. The second-order valence-corrected chi connectivity index (χ2v) is 5.81. The van der Waals surface area contributed by atoms with Gasteiger partial charge in [-0.05, 0) is 39.0 Å². The Hall–Kier alpha value is -1.75. The molecular weight excluding hydrogens is 260 g/mol. The fraction of sp³-hybridized carbons (Fsp3) is 0.400. The van der Waals surface area contributed by atoms with E-state index in [2.05, 4.69) is 31.1 Å². The van der Waals surface area contributed by atoms with Crippen LogP contribution >= 0.6 is 0 Å². The molecule has 0 saturated carbocycles. The predicted molar refractivity (Wildman–Crippen MR) is 74.3 cm³/mol. The molecule has 2 rings (SSSR count). The Balaban J connectivity index is 2.14. The lowest BCUT2D eigenvalue weighted by molar-refractivity contribution is 0.412. The zero-order chi connectivity index (χ0) is 14.8. The summed E-state index contributed by atoms with van der Waals surface area (Å²) in [4.78, 5) is 4.25. The fourth-order valence-electron chi connectivity index (χ4n) is 1.84. The van der Waals surface area contributed by atoms with Crippen molar-refractivity contribution in [3.05, 3.63) is 53.6 Å². The highest BCUT2D eigenvalue weighted by Crippen LogP contribution is 2.13. The Kier molecular flexibility index (Phi) is 4.18. The summed E-state index contributed by atoms with van der Waals surface area (Å²) in [5.41, 5.74) is 0.293. The van der Waals surface area contributed by atoms with Crippen LogP contribution in [0.1, 0.15) is 32.2 Å². The number of benzene rings is 1. The first-order valence-corrected chi connectivity index (χ1v) is 6.54. The van der Waals surface area contributed by atoms with Crippen molar-refractivity contribution in [2.45, 2.75) is 39.4 Å². The molecule has 20 heavy (non-hydrogen) atoms. The van der Waals surface area contributed by atoms with Gasteiger partial charge in [0, 0.05) is 23.5 Å². The zero-order valence-corrected chi connectivity index (χ0v) is 12.0. The van der Waals surface area contributed by atoms with Gasteiger partial charge in [0.1, 0.15) is 17.5 Å². The first-order chi connectivity index (χ1) is 9.35. The van der Waals surface area contributed by atoms with Gasteiger partial charge in [-0.15, -0.1) is 0 Å². The molecule has 108 valence electrons. The van der Waals surface area contributed by atoms with E-state index >= 15 is 0 Å². The maximum Gasteiger partial charge on any atom is 0.128 e. The van der Waals surface area contributed by atoms with E-state index in [0.29, 0.717) is 12.1 Å². The molecule has 1 aromatic carbocycles. The maximum atomic E-state index is 13.7. The molecule has 0 aliphatic heterocycles. The lowest BCUT2D eigenvalue weighted by atomic mass is 10.1. The third-order valence-corrected chi connectivity index (χ3v) is 2.93. The van der Waals surface area contributed by atoms with Crippen LogP contribution in [0.25, 0.3) is 0 Å². The number of halogens is 2. The van der Waals surface area contributed by atoms with E-state index in [9.17, 15) is 8.78 Å². The minimum Gasteiger partial charge on any atom is -0.329 e. The van der Waals surface area contributed by atoms with Gasteiger partial charge in [-0.3, -0.25) is 0 Å². The molecule has 0 aliphatic rings. The summed E-state index contributed by atoms with van der Waals surface area (Å²) in [6.07, 6.45) is 3.43. The molecule has 0 aliphatic carbocycles. The Bertz CT molecular complexity index is 585. The Morgan fingerprint density at radius 1 is 1.25 bits per heavy atom. The van der Waals surface area contributed by atoms with E-state index in [4.69, 9.17) is 0 Å². The minimum atomic E-state index is -0.434. The first-order valence-electron chi connectivity index (χ1n) is 6.54. The first kappa shape index (κ1) is 14.7. The van der Waals surface area contributed by atoms with Crippen LogP contribution in [-0.2, 0) is 13.1 Å². The fourth-order valence-corrected chi connectivity index (χ4v) is 1.84. The van der Waals surface area contributed by atoms with Crippen molar-refractivity contribution in [3.8, 4) is 0 Å². The summed E-state index contributed by atoms with van der Waals surface area (Å²) in [6, 6.07) is 3.49. The van der Waals surface area contributed by atoms with Gasteiger partial charge in [-0.1, -0.05) is 0 Å². The van der Waals surface area contributed by atoms with Gasteiger partial charge in [0.15, 0.2) is 0 Å². The highest BCUT2D eigenvalue weighted by atomic mass is 19.1. The van der Waals surface area contributed by atoms with E-state index in [1.165, 1.54) is 6.07 Å². The van der Waals surface area contributed by atoms with E-state index in [0.717, 1.165) is 18.0 Å². The van der Waals surface area contributed by atoms with Crippen LogP contribution in [0.5, 0.6) is 0 Å². The molecule has 1 N–H and O–H groups in total. The summed E-state index contributed by atoms with van der Waals surface area (Å²) < 4.78 is 28.6. The Morgan fingerprint density at radius 2 is 2.00 bits per heavy atom. The molecule has 1 aromatic heterocycles. The number of hydrogen-bond acceptors (Lipinski definition) is 2. The topological polar surface area (TPSA) is 29.9 Å². The molecule has 0 spiro atoms. The largest absolute Gasteiger partial charge is 0.329 e. The van der Waals surface area contributed by atoms with Crippen molar-refractivity contribution in [2.75, 3.05) is 0 Å². The molecule has 0 saturated heterocycles. The summed E-state index contributed by atoms with van der Waals surface area (Å²) in [6.45, 7) is 7.03. The number of nitrogens with zero attached hydrogens (tertiary/aromatic N) is 2. The van der Waals surface area contributed by atoms with Gasteiger partial charge in [0.2, 0.25) is 0 Å². The van der Waals surface area contributed by atoms with Crippen LogP contribution in [0, 0.1) is 11.6 Å². The number of aromatic nitrogens is 2. The molecule has 5 heteroatoms. The third kappa shape index (κ3) is 3.87. The predicted octanol–water partition coefficient (Wildman–Crippen LogP) is 3.10. The van der Waals surface area contributed by atoms with Gasteiger partial charge in [-0.2, -0.15) is 0 Å². The van der Waals surface area contributed by atoms with Gasteiger partial charge in [0.25, 0.3) is 0 Å². The van der Waals surface area contributed by atoms with Crippen LogP contribution in [0.2, 0.25) is 0 Å². The van der Waals surface area contributed by atoms with Crippen LogP contribution in [-0.4, -0.2) is 15.1 Å². The van der Waals surface area contributed by atoms with E-state index in [1.54, 1.807) is 12.4 Å². The van der Waals surface area contributed by atoms with E-state index in [1.807, 2.05) is 4.57 Å². The van der Waals surface area contributed by atoms with Crippen molar-refractivity contribution in [1.29, 1.82) is 0 Å². The standard InChI is InChI=1S/C15H19F2N3/c1-15(2,3)19-9-14-18-6-7-20(14)10-11-8-12(16)4-5-13(11)17/h4-8,19H,9-10H2,1-3H3. The lowest BCUT2D eigenvalue weighted by Crippen LogP contribution is -2.36. The maximum absolute atomic E-state index is 13.7. The molecule has 1 heterocycles. The number of rotatable bonds is 4. The van der Waals surface area contributed by atoms with Gasteiger partial charge in [-0.25, -0.2) is 13.8 Å². The third-order valence-electron chi connectivity index (χ3n) is 2.93. The van der Waals surface area contributed by atoms with Crippen LogP contribution in [0.4, 0.5) is 8.78 Å². The van der Waals surface area contributed by atoms with Gasteiger partial charge in [0.05, 0.1) is 13.1 Å². The summed E-state index contributed by atoms with van der Waals surface area (Å²) >= 11 is 0. The smallest absolute Gasteiger partial charge is 0.128 e. The molecule has 0 amide bonds. The normalized spacial score (nSPS) is 11.8. The molecule has 2 aromatic rings. The van der Waals surface area contributed by atoms with E-state index in [-0.39, 0.29) is 12.1 Å². The van der Waals surface area contributed by atoms with Crippen molar-refractivity contribution in [2.24, 2.45) is 0 Å². The number of imidazole rings is 1. The Labute approximate surface area is 117 Å². The zero-order valence-electron chi connectivity index (χ0n) is 12.0. The molecule has 0 unspecified atom stereocenters. The molecule has 3 nitrogen and oxygen atoms in total. The van der Waals surface area contributed by atoms with Gasteiger partial charge >= 0.3 is 0 Å². The van der Waals surface area contributed by atoms with Crippen molar-refractivity contribution in [3.63, 3.8) is 0 Å². The lowest BCUT2D eigenvalue weighted by Gasteiger charge is -2.20. The highest BCUT2D eigenvalue weighted by molar-refractivity contribution is 5.19. The molecule has 0 bridgehead atoms. The molecular formula is C15H19F2N3. The average molecular weight is 279 g/mol. The molecule has 0 atom stereocenters. The second kappa shape index (κ2) is 5.71. The molecule has 0 fully saturated rings. The van der Waals surface area contributed by atoms with Crippen LogP contribution < -0.4 is 5.32 Å². The summed E-state index contributed by atoms with van der Waals surface area (Å²) in [7, 11) is 0. The quantitative estimate of drug-likeness (QED) is 0.932. The minimum absolute atomic E-state index is 0.0269. The Morgan fingerprint density at radius 3 is 2.70 bits per heavy atom. The second-order valence-electron chi connectivity index (χ2n) is 5.81. The van der Waals surface area contributed by atoms with Crippen molar-refractivity contribution >= 4 is 0 Å². The van der Waals surface area contributed by atoms with Crippen molar-refractivity contribution in [1.82, 2.24) is 14.9 Å². The van der Waals surface area contributed by atoms with E-state index < -0.39 is 11.6 Å². The SMILES string of the molecule is CC(C)(C)NCc1nccn1Cc1cc(F)ccc1F. The monoisotopic (exact) mass is 279 g/mol. The molecule has 0 radical (unpaired) electrons. The van der Waals surface area contributed by atoms with Crippen molar-refractivity contribution < 1.29 is 8.78 Å². The number of nitrogens with one attached hydrogen (secondary N) is 1. The van der Waals surface area contributed by atoms with Gasteiger partial charge < -0.3 is 9.88 Å². The summed E-state index contributed by atoms with van der Waals surface area (Å²) in [5, 5.41) is 3.33. The number of hydrogen-bond donors (Lipinski definition) is 1. The van der Waals surface area contributed by atoms with Crippen LogP contribution in [0.3, 0.4) is 0 Å². The van der Waals surface area contributed by atoms with Crippen LogP contribution in [0.15, 0.2) is 30.6 Å². The average Bonchev–Trinajstić information content (AvgIpc) is 2.78. The highest BCUT2D eigenvalue weighted by Gasteiger charge is 2.12.